The molecular weight excluding hydrogens is 264 g/mol. The smallest absolute Gasteiger partial charge is 0.228 e. The molecule has 114 valence electrons. The number of piperazine rings is 1. The third-order valence-electron chi connectivity index (χ3n) is 3.85. The van der Waals surface area contributed by atoms with Crippen LogP contribution in [0, 0.1) is 5.41 Å². The molecule has 4 nitrogen and oxygen atoms in total. The fraction of sp³-hybridized carbons (Fsp3) is 0.529. The number of benzene rings is 1. The number of ketones is 1. The first kappa shape index (κ1) is 15.5. The number of Topliss-reactive ketones (excluding diaryl/α,β-unsaturated/α-hetero) is 1. The molecule has 1 aliphatic heterocycles. The van der Waals surface area contributed by atoms with Crippen molar-refractivity contribution in [2.75, 3.05) is 31.1 Å². The molecule has 0 saturated carbocycles. The van der Waals surface area contributed by atoms with E-state index in [0.717, 1.165) is 37.4 Å². The Labute approximate surface area is 126 Å². The predicted molar refractivity (Wildman–Crippen MR) is 84.7 cm³/mol. The zero-order chi connectivity index (χ0) is 15.6. The van der Waals surface area contributed by atoms with E-state index < -0.39 is 0 Å². The number of hydrogen-bond donors (Lipinski definition) is 0. The largest absolute Gasteiger partial charge is 0.368 e. The molecule has 0 radical (unpaired) electrons. The maximum atomic E-state index is 12.3. The van der Waals surface area contributed by atoms with Crippen molar-refractivity contribution in [1.29, 1.82) is 0 Å². The standard InChI is InChI=1S/C17H24N2O2/c1-13(20)14-5-7-15(8-6-14)18-9-11-19(12-10-18)16(21)17(2,3)4/h5-8H,9-12H2,1-4H3. The lowest BCUT2D eigenvalue weighted by Gasteiger charge is -2.38. The van der Waals surface area contributed by atoms with E-state index in [9.17, 15) is 9.59 Å². The summed E-state index contributed by atoms with van der Waals surface area (Å²) in [6.07, 6.45) is 0. The molecule has 0 spiro atoms. The topological polar surface area (TPSA) is 40.6 Å². The third kappa shape index (κ3) is 3.63. The molecule has 1 aromatic rings. The van der Waals surface area contributed by atoms with Crippen molar-refractivity contribution >= 4 is 17.4 Å². The van der Waals surface area contributed by atoms with Gasteiger partial charge in [-0.1, -0.05) is 20.8 Å². The van der Waals surface area contributed by atoms with Gasteiger partial charge in [0.05, 0.1) is 0 Å². The molecule has 1 aliphatic rings. The highest BCUT2D eigenvalue weighted by atomic mass is 16.2. The van der Waals surface area contributed by atoms with Gasteiger partial charge in [0, 0.05) is 42.8 Å². The minimum atomic E-state index is -0.314. The van der Waals surface area contributed by atoms with E-state index in [1.807, 2.05) is 49.9 Å². The third-order valence-corrected chi connectivity index (χ3v) is 3.85. The Bertz CT molecular complexity index is 521. The Morgan fingerprint density at radius 1 is 0.952 bits per heavy atom. The lowest BCUT2D eigenvalue weighted by Crippen LogP contribution is -2.51. The van der Waals surface area contributed by atoms with E-state index in [1.54, 1.807) is 6.92 Å². The van der Waals surface area contributed by atoms with Crippen LogP contribution in [0.1, 0.15) is 38.1 Å². The van der Waals surface area contributed by atoms with Gasteiger partial charge in [-0.3, -0.25) is 9.59 Å². The first-order valence-electron chi connectivity index (χ1n) is 7.44. The fourth-order valence-corrected chi connectivity index (χ4v) is 2.55. The summed E-state index contributed by atoms with van der Waals surface area (Å²) in [6.45, 7) is 10.6. The molecule has 1 heterocycles. The SMILES string of the molecule is CC(=O)c1ccc(N2CCN(C(=O)C(C)(C)C)CC2)cc1. The summed E-state index contributed by atoms with van der Waals surface area (Å²) in [4.78, 5) is 27.7. The van der Waals surface area contributed by atoms with Crippen LogP contribution in [-0.2, 0) is 4.79 Å². The summed E-state index contributed by atoms with van der Waals surface area (Å²) in [5.74, 6) is 0.302. The Balaban J connectivity index is 1.98. The van der Waals surface area contributed by atoms with Crippen molar-refractivity contribution in [3.8, 4) is 0 Å². The van der Waals surface area contributed by atoms with Gasteiger partial charge in [-0.2, -0.15) is 0 Å². The molecule has 0 N–H and O–H groups in total. The van der Waals surface area contributed by atoms with Gasteiger partial charge >= 0.3 is 0 Å². The maximum Gasteiger partial charge on any atom is 0.228 e. The molecule has 0 aromatic heterocycles. The number of carbonyl (C=O) groups is 2. The second kappa shape index (κ2) is 5.88. The van der Waals surface area contributed by atoms with Crippen LogP contribution in [0.3, 0.4) is 0 Å². The summed E-state index contributed by atoms with van der Waals surface area (Å²) >= 11 is 0. The highest BCUT2D eigenvalue weighted by molar-refractivity contribution is 5.94. The lowest BCUT2D eigenvalue weighted by atomic mass is 9.94. The second-order valence-electron chi connectivity index (χ2n) is 6.63. The predicted octanol–water partition coefficient (Wildman–Crippen LogP) is 2.58. The first-order chi connectivity index (χ1) is 9.79. The van der Waals surface area contributed by atoms with Crippen molar-refractivity contribution in [2.24, 2.45) is 5.41 Å². The summed E-state index contributed by atoms with van der Waals surface area (Å²) in [7, 11) is 0. The van der Waals surface area contributed by atoms with Gasteiger partial charge in [0.15, 0.2) is 5.78 Å². The van der Waals surface area contributed by atoms with Crippen LogP contribution in [-0.4, -0.2) is 42.8 Å². The van der Waals surface area contributed by atoms with Crippen molar-refractivity contribution in [3.63, 3.8) is 0 Å². The Morgan fingerprint density at radius 3 is 1.90 bits per heavy atom. The second-order valence-corrected chi connectivity index (χ2v) is 6.63. The van der Waals surface area contributed by atoms with Crippen molar-refractivity contribution in [3.05, 3.63) is 29.8 Å². The van der Waals surface area contributed by atoms with Crippen LogP contribution in [0.25, 0.3) is 0 Å². The quantitative estimate of drug-likeness (QED) is 0.785. The van der Waals surface area contributed by atoms with Crippen LogP contribution >= 0.6 is 0 Å². The summed E-state index contributed by atoms with van der Waals surface area (Å²) in [5, 5.41) is 0. The number of anilines is 1. The van der Waals surface area contributed by atoms with Gasteiger partial charge < -0.3 is 9.80 Å². The monoisotopic (exact) mass is 288 g/mol. The lowest BCUT2D eigenvalue weighted by molar-refractivity contribution is -0.139. The zero-order valence-corrected chi connectivity index (χ0v) is 13.3. The molecular formula is C17H24N2O2. The summed E-state index contributed by atoms with van der Waals surface area (Å²) in [6, 6.07) is 7.70. The number of hydrogen-bond acceptors (Lipinski definition) is 3. The molecule has 1 saturated heterocycles. The maximum absolute atomic E-state index is 12.3. The fourth-order valence-electron chi connectivity index (χ4n) is 2.55. The molecule has 0 aliphatic carbocycles. The minimum Gasteiger partial charge on any atom is -0.368 e. The molecule has 4 heteroatoms. The summed E-state index contributed by atoms with van der Waals surface area (Å²) < 4.78 is 0. The average Bonchev–Trinajstić information content (AvgIpc) is 2.46. The van der Waals surface area contributed by atoms with E-state index in [-0.39, 0.29) is 17.1 Å². The highest BCUT2D eigenvalue weighted by Crippen LogP contribution is 2.21. The van der Waals surface area contributed by atoms with E-state index in [1.165, 1.54) is 0 Å². The molecule has 0 unspecified atom stereocenters. The molecule has 2 rings (SSSR count). The Morgan fingerprint density at radius 2 is 1.48 bits per heavy atom. The van der Waals surface area contributed by atoms with Gasteiger partial charge in [0.1, 0.15) is 0 Å². The van der Waals surface area contributed by atoms with Crippen LogP contribution < -0.4 is 4.90 Å². The van der Waals surface area contributed by atoms with Crippen molar-refractivity contribution < 1.29 is 9.59 Å². The van der Waals surface area contributed by atoms with Gasteiger partial charge in [0.2, 0.25) is 5.91 Å². The van der Waals surface area contributed by atoms with Gasteiger partial charge in [-0.15, -0.1) is 0 Å². The van der Waals surface area contributed by atoms with E-state index in [0.29, 0.717) is 0 Å². The van der Waals surface area contributed by atoms with E-state index in [2.05, 4.69) is 4.90 Å². The van der Waals surface area contributed by atoms with Crippen molar-refractivity contribution in [2.45, 2.75) is 27.7 Å². The normalized spacial score (nSPS) is 16.0. The number of carbonyl (C=O) groups excluding carboxylic acids is 2. The molecule has 1 fully saturated rings. The average molecular weight is 288 g/mol. The first-order valence-corrected chi connectivity index (χ1v) is 7.44. The van der Waals surface area contributed by atoms with Gasteiger partial charge in [-0.25, -0.2) is 0 Å². The zero-order valence-electron chi connectivity index (χ0n) is 13.3. The van der Waals surface area contributed by atoms with Crippen LogP contribution in [0.5, 0.6) is 0 Å². The molecule has 0 atom stereocenters. The summed E-state index contributed by atoms with van der Waals surface area (Å²) in [5.41, 5.74) is 1.54. The van der Waals surface area contributed by atoms with Gasteiger partial charge in [-0.05, 0) is 31.2 Å². The molecule has 1 aromatic carbocycles. The minimum absolute atomic E-state index is 0.0853. The molecule has 1 amide bonds. The van der Waals surface area contributed by atoms with E-state index in [4.69, 9.17) is 0 Å². The van der Waals surface area contributed by atoms with Crippen LogP contribution in [0.2, 0.25) is 0 Å². The number of rotatable bonds is 2. The number of amides is 1. The molecule has 0 bridgehead atoms. The van der Waals surface area contributed by atoms with Crippen LogP contribution in [0.4, 0.5) is 5.69 Å². The van der Waals surface area contributed by atoms with Crippen LogP contribution in [0.15, 0.2) is 24.3 Å². The Kier molecular flexibility index (Phi) is 4.35. The molecule has 21 heavy (non-hydrogen) atoms. The number of nitrogens with zero attached hydrogens (tertiary/aromatic N) is 2. The highest BCUT2D eigenvalue weighted by Gasteiger charge is 2.29. The van der Waals surface area contributed by atoms with Gasteiger partial charge in [0.25, 0.3) is 0 Å². The Hall–Kier alpha value is -1.84. The van der Waals surface area contributed by atoms with Crippen molar-refractivity contribution in [1.82, 2.24) is 4.90 Å². The van der Waals surface area contributed by atoms with E-state index >= 15 is 0 Å².